The molecule has 0 unspecified atom stereocenters. The highest BCUT2D eigenvalue weighted by molar-refractivity contribution is 7.20. The van der Waals surface area contributed by atoms with Crippen molar-refractivity contribution < 1.29 is 4.92 Å². The topological polar surface area (TPSA) is 68.4 Å². The van der Waals surface area contributed by atoms with Gasteiger partial charge in [0.15, 0.2) is 0 Å². The molecule has 0 fully saturated rings. The van der Waals surface area contributed by atoms with E-state index in [9.17, 15) is 10.1 Å². The Kier molecular flexibility index (Phi) is 4.09. The minimum atomic E-state index is -0.383. The molecular formula is C18H11N3O2S2. The molecule has 2 heterocycles. The number of hydrogen-bond acceptors (Lipinski definition) is 6. The minimum Gasteiger partial charge on any atom is -0.258 e. The summed E-state index contributed by atoms with van der Waals surface area (Å²) in [4.78, 5) is 21.2. The average molecular weight is 365 g/mol. The molecule has 2 aromatic carbocycles. The maximum absolute atomic E-state index is 10.9. The average Bonchev–Trinajstić information content (AvgIpc) is 3.26. The second kappa shape index (κ2) is 6.54. The number of fused-ring (bicyclic) bond motifs is 1. The third kappa shape index (κ3) is 3.33. The number of thiazole rings is 1. The van der Waals surface area contributed by atoms with Crippen molar-refractivity contribution in [3.63, 3.8) is 0 Å². The molecule has 0 saturated heterocycles. The first-order valence-corrected chi connectivity index (χ1v) is 9.06. The van der Waals surface area contributed by atoms with Crippen molar-refractivity contribution in [1.82, 2.24) is 4.98 Å². The summed E-state index contributed by atoms with van der Waals surface area (Å²) in [6, 6.07) is 16.8. The molecule has 0 bridgehead atoms. The summed E-state index contributed by atoms with van der Waals surface area (Å²) in [5, 5.41) is 12.4. The molecule has 0 N–H and O–H groups in total. The van der Waals surface area contributed by atoms with Crippen molar-refractivity contribution in [2.24, 2.45) is 4.99 Å². The van der Waals surface area contributed by atoms with Crippen LogP contribution < -0.4 is 0 Å². The van der Waals surface area contributed by atoms with Crippen molar-refractivity contribution in [2.45, 2.75) is 0 Å². The molecule has 0 saturated carbocycles. The number of nitro benzene ring substituents is 1. The molecule has 0 radical (unpaired) electrons. The van der Waals surface area contributed by atoms with Gasteiger partial charge in [0.2, 0.25) is 5.13 Å². The van der Waals surface area contributed by atoms with Crippen molar-refractivity contribution in [3.05, 3.63) is 75.8 Å². The fraction of sp³-hybridized carbons (Fsp3) is 0. The molecule has 122 valence electrons. The maximum atomic E-state index is 10.9. The maximum Gasteiger partial charge on any atom is 0.270 e. The molecule has 0 aliphatic rings. The Morgan fingerprint density at radius 2 is 1.92 bits per heavy atom. The zero-order chi connectivity index (χ0) is 17.2. The Bertz CT molecular complexity index is 1080. The van der Waals surface area contributed by atoms with Crippen LogP contribution in [0.15, 0.2) is 65.8 Å². The number of nitro groups is 1. The highest BCUT2D eigenvalue weighted by Gasteiger charge is 2.08. The smallest absolute Gasteiger partial charge is 0.258 e. The number of aromatic nitrogens is 1. The molecular weight excluding hydrogens is 354 g/mol. The van der Waals surface area contributed by atoms with Crippen LogP contribution in [0.4, 0.5) is 10.8 Å². The van der Waals surface area contributed by atoms with Crippen LogP contribution in [0.25, 0.3) is 20.5 Å². The molecule has 5 nitrogen and oxygen atoms in total. The molecule has 2 aromatic heterocycles. The van der Waals surface area contributed by atoms with E-state index in [0.717, 1.165) is 25.4 Å². The van der Waals surface area contributed by atoms with E-state index in [1.165, 1.54) is 17.4 Å². The number of thiophene rings is 1. The van der Waals surface area contributed by atoms with E-state index < -0.39 is 0 Å². The Morgan fingerprint density at radius 3 is 2.72 bits per heavy atom. The van der Waals surface area contributed by atoms with Crippen LogP contribution in [0.2, 0.25) is 0 Å². The number of nitrogens with zero attached hydrogens (tertiary/aromatic N) is 3. The largest absolute Gasteiger partial charge is 0.270 e. The van der Waals surface area contributed by atoms with Gasteiger partial charge in [0, 0.05) is 34.1 Å². The summed E-state index contributed by atoms with van der Waals surface area (Å²) in [5.74, 6) is 0. The van der Waals surface area contributed by atoms with Gasteiger partial charge in [0.1, 0.15) is 0 Å². The van der Waals surface area contributed by atoms with Crippen LogP contribution in [0.5, 0.6) is 0 Å². The fourth-order valence-corrected chi connectivity index (χ4v) is 4.09. The van der Waals surface area contributed by atoms with Gasteiger partial charge in [-0.05, 0) is 23.1 Å². The van der Waals surface area contributed by atoms with Crippen LogP contribution >= 0.6 is 22.7 Å². The normalized spacial score (nSPS) is 11.4. The lowest BCUT2D eigenvalue weighted by atomic mass is 10.2. The van der Waals surface area contributed by atoms with Gasteiger partial charge in [-0.25, -0.2) is 9.98 Å². The predicted octanol–water partition coefficient (Wildman–Crippen LogP) is 5.68. The molecule has 25 heavy (non-hydrogen) atoms. The first kappa shape index (κ1) is 15.6. The van der Waals surface area contributed by atoms with Gasteiger partial charge in [-0.3, -0.25) is 10.1 Å². The van der Waals surface area contributed by atoms with Gasteiger partial charge in [0.05, 0.1) is 9.80 Å². The number of benzene rings is 2. The standard InChI is InChI=1S/C18H11N3O2S2/c22-21(23)14-6-7-16-13(8-14)9-15(24-16)10-19-18-20-11-17(25-18)12-4-2-1-3-5-12/h1-11H/b19-10+. The van der Waals surface area contributed by atoms with Gasteiger partial charge < -0.3 is 0 Å². The molecule has 0 atom stereocenters. The third-order valence-corrected chi connectivity index (χ3v) is 5.59. The Hall–Kier alpha value is -2.90. The summed E-state index contributed by atoms with van der Waals surface area (Å²) in [5.41, 5.74) is 1.22. The van der Waals surface area contributed by atoms with E-state index in [4.69, 9.17) is 0 Å². The SMILES string of the molecule is O=[N+]([O-])c1ccc2sc(/C=N/c3ncc(-c4ccccc4)s3)cc2c1. The fourth-order valence-electron chi connectivity index (χ4n) is 2.41. The highest BCUT2D eigenvalue weighted by Crippen LogP contribution is 2.31. The summed E-state index contributed by atoms with van der Waals surface area (Å²) in [6.45, 7) is 0. The first-order chi connectivity index (χ1) is 12.2. The molecule has 7 heteroatoms. The monoisotopic (exact) mass is 365 g/mol. The van der Waals surface area contributed by atoms with Gasteiger partial charge in [-0.15, -0.1) is 11.3 Å². The van der Waals surface area contributed by atoms with Crippen LogP contribution in [-0.2, 0) is 0 Å². The molecule has 0 amide bonds. The van der Waals surface area contributed by atoms with Crippen LogP contribution in [-0.4, -0.2) is 16.1 Å². The molecule has 4 rings (SSSR count). The Morgan fingerprint density at radius 1 is 1.08 bits per heavy atom. The summed E-state index contributed by atoms with van der Waals surface area (Å²) < 4.78 is 0.996. The lowest BCUT2D eigenvalue weighted by molar-refractivity contribution is -0.384. The van der Waals surface area contributed by atoms with E-state index >= 15 is 0 Å². The van der Waals surface area contributed by atoms with E-state index in [1.54, 1.807) is 29.7 Å². The number of aliphatic imine (C=N–C) groups is 1. The second-order valence-corrected chi connectivity index (χ2v) is 7.38. The van der Waals surface area contributed by atoms with Crippen LogP contribution in [0.3, 0.4) is 0 Å². The lowest BCUT2D eigenvalue weighted by Gasteiger charge is -1.92. The second-order valence-electron chi connectivity index (χ2n) is 5.26. The molecule has 0 aliphatic carbocycles. The molecule has 0 spiro atoms. The van der Waals surface area contributed by atoms with Crippen molar-refractivity contribution in [3.8, 4) is 10.4 Å². The third-order valence-electron chi connectivity index (χ3n) is 3.58. The first-order valence-electron chi connectivity index (χ1n) is 7.42. The van der Waals surface area contributed by atoms with E-state index in [-0.39, 0.29) is 10.6 Å². The van der Waals surface area contributed by atoms with Crippen LogP contribution in [0, 0.1) is 10.1 Å². The van der Waals surface area contributed by atoms with Gasteiger partial charge in [-0.2, -0.15) is 0 Å². The summed E-state index contributed by atoms with van der Waals surface area (Å²) in [7, 11) is 0. The van der Waals surface area contributed by atoms with E-state index in [0.29, 0.717) is 5.13 Å². The van der Waals surface area contributed by atoms with E-state index in [1.807, 2.05) is 42.6 Å². The Balaban J connectivity index is 1.58. The van der Waals surface area contributed by atoms with Crippen molar-refractivity contribution >= 4 is 49.8 Å². The number of rotatable bonds is 4. The van der Waals surface area contributed by atoms with Gasteiger partial charge in [0.25, 0.3) is 5.69 Å². The van der Waals surface area contributed by atoms with Crippen molar-refractivity contribution in [1.29, 1.82) is 0 Å². The minimum absolute atomic E-state index is 0.0983. The van der Waals surface area contributed by atoms with Crippen LogP contribution in [0.1, 0.15) is 4.88 Å². The predicted molar refractivity (Wildman–Crippen MR) is 103 cm³/mol. The van der Waals surface area contributed by atoms with Gasteiger partial charge in [-0.1, -0.05) is 41.7 Å². The quantitative estimate of drug-likeness (QED) is 0.265. The Labute approximate surface area is 151 Å². The highest BCUT2D eigenvalue weighted by atomic mass is 32.1. The van der Waals surface area contributed by atoms with Gasteiger partial charge >= 0.3 is 0 Å². The van der Waals surface area contributed by atoms with E-state index in [2.05, 4.69) is 9.98 Å². The number of non-ortho nitro benzene ring substituents is 1. The molecule has 0 aliphatic heterocycles. The molecule has 4 aromatic rings. The lowest BCUT2D eigenvalue weighted by Crippen LogP contribution is -1.85. The number of hydrogen-bond donors (Lipinski definition) is 0. The summed E-state index contributed by atoms with van der Waals surface area (Å²) >= 11 is 3.07. The summed E-state index contributed by atoms with van der Waals surface area (Å²) in [6.07, 6.45) is 3.57. The zero-order valence-electron chi connectivity index (χ0n) is 12.8. The zero-order valence-corrected chi connectivity index (χ0v) is 14.5. The van der Waals surface area contributed by atoms with Crippen molar-refractivity contribution in [2.75, 3.05) is 0 Å².